The van der Waals surface area contributed by atoms with E-state index < -0.39 is 17.6 Å². The zero-order valence-corrected chi connectivity index (χ0v) is 9.52. The Kier molecular flexibility index (Phi) is 3.30. The van der Waals surface area contributed by atoms with Gasteiger partial charge in [-0.15, -0.1) is 11.6 Å². The molecule has 2 nitrogen and oxygen atoms in total. The molecule has 0 aliphatic heterocycles. The number of hydrogen-bond acceptors (Lipinski definition) is 2. The van der Waals surface area contributed by atoms with Gasteiger partial charge in [-0.1, -0.05) is 6.07 Å². The molecule has 18 heavy (non-hydrogen) atoms. The highest BCUT2D eigenvalue weighted by Gasteiger charge is 2.35. The van der Waals surface area contributed by atoms with E-state index in [-0.39, 0.29) is 23.1 Å². The van der Waals surface area contributed by atoms with Crippen LogP contribution in [0.3, 0.4) is 0 Å². The number of halogens is 5. The largest absolute Gasteiger partial charge is 0.439 e. The van der Waals surface area contributed by atoms with Crippen molar-refractivity contribution in [3.63, 3.8) is 0 Å². The maximum Gasteiger partial charge on any atom is 0.419 e. The number of hydrogen-bond donors (Lipinski definition) is 0. The van der Waals surface area contributed by atoms with E-state index in [2.05, 4.69) is 4.98 Å². The van der Waals surface area contributed by atoms with Gasteiger partial charge >= 0.3 is 6.18 Å². The molecule has 0 saturated carbocycles. The normalized spacial score (nSPS) is 11.8. The fourth-order valence-corrected chi connectivity index (χ4v) is 1.56. The third-order valence-corrected chi connectivity index (χ3v) is 2.47. The first-order chi connectivity index (χ1) is 8.43. The minimum atomic E-state index is -4.75. The molecule has 0 fully saturated rings. The summed E-state index contributed by atoms with van der Waals surface area (Å²) in [6, 6.07) is 2.95. The van der Waals surface area contributed by atoms with Gasteiger partial charge in [0, 0.05) is 0 Å². The molecule has 96 valence electrons. The quantitative estimate of drug-likeness (QED) is 0.607. The Bertz CT molecular complexity index is 564. The molecule has 0 bridgehead atoms. The molecule has 1 heterocycles. The van der Waals surface area contributed by atoms with Crippen molar-refractivity contribution in [2.45, 2.75) is 12.1 Å². The number of rotatable bonds is 2. The lowest BCUT2D eigenvalue weighted by Gasteiger charge is -2.09. The molecule has 0 amide bonds. The molecule has 0 aliphatic carbocycles. The number of benzene rings is 1. The van der Waals surface area contributed by atoms with Crippen molar-refractivity contribution in [1.29, 1.82) is 0 Å². The Balaban J connectivity index is 2.52. The average molecular weight is 280 g/mol. The van der Waals surface area contributed by atoms with Crippen LogP contribution in [0.4, 0.5) is 17.6 Å². The van der Waals surface area contributed by atoms with E-state index in [1.807, 2.05) is 0 Å². The van der Waals surface area contributed by atoms with E-state index in [0.29, 0.717) is 6.07 Å². The van der Waals surface area contributed by atoms with Crippen molar-refractivity contribution in [1.82, 2.24) is 4.98 Å². The topological polar surface area (TPSA) is 26.0 Å². The summed E-state index contributed by atoms with van der Waals surface area (Å²) >= 11 is 5.44. The molecule has 0 N–H and O–H groups in total. The monoisotopic (exact) mass is 279 g/mol. The first kappa shape index (κ1) is 12.9. The predicted octanol–water partition coefficient (Wildman–Crippen LogP) is 4.24. The van der Waals surface area contributed by atoms with E-state index in [4.69, 9.17) is 16.0 Å². The lowest BCUT2D eigenvalue weighted by Crippen LogP contribution is -2.08. The van der Waals surface area contributed by atoms with Crippen LogP contribution in [-0.4, -0.2) is 4.98 Å². The lowest BCUT2D eigenvalue weighted by molar-refractivity contribution is -0.139. The maximum atomic E-state index is 13.7. The van der Waals surface area contributed by atoms with Gasteiger partial charge in [-0.05, 0) is 12.1 Å². The highest BCUT2D eigenvalue weighted by molar-refractivity contribution is 6.16. The average Bonchev–Trinajstić information content (AvgIpc) is 2.76. The predicted molar refractivity (Wildman–Crippen MR) is 56.5 cm³/mol. The SMILES string of the molecule is Fc1c(-c2cnc(CCl)o2)cccc1C(F)(F)F. The summed E-state index contributed by atoms with van der Waals surface area (Å²) in [5, 5.41) is 0. The van der Waals surface area contributed by atoms with Crippen LogP contribution in [0.2, 0.25) is 0 Å². The van der Waals surface area contributed by atoms with Gasteiger partial charge in [-0.25, -0.2) is 9.37 Å². The Morgan fingerprint density at radius 3 is 2.56 bits per heavy atom. The van der Waals surface area contributed by atoms with Gasteiger partial charge in [0.15, 0.2) is 5.76 Å². The molecular formula is C11H6ClF4NO. The Morgan fingerprint density at radius 1 is 1.28 bits per heavy atom. The first-order valence-electron chi connectivity index (χ1n) is 4.80. The minimum absolute atomic E-state index is 0.0411. The summed E-state index contributed by atoms with van der Waals surface area (Å²) in [6.07, 6.45) is -3.62. The van der Waals surface area contributed by atoms with Crippen LogP contribution in [0.15, 0.2) is 28.8 Å². The van der Waals surface area contributed by atoms with Gasteiger partial charge in [0.1, 0.15) is 5.82 Å². The van der Waals surface area contributed by atoms with Crippen LogP contribution >= 0.6 is 11.6 Å². The Morgan fingerprint density at radius 2 is 2.00 bits per heavy atom. The van der Waals surface area contributed by atoms with Crippen molar-refractivity contribution >= 4 is 11.6 Å². The van der Waals surface area contributed by atoms with E-state index >= 15 is 0 Å². The molecule has 0 spiro atoms. The van der Waals surface area contributed by atoms with Crippen molar-refractivity contribution in [2.75, 3.05) is 0 Å². The number of aromatic nitrogens is 1. The smallest absolute Gasteiger partial charge is 0.419 e. The second-order valence-electron chi connectivity index (χ2n) is 3.42. The Labute approximate surface area is 104 Å². The lowest BCUT2D eigenvalue weighted by atomic mass is 10.1. The summed E-state index contributed by atoms with van der Waals surface area (Å²) in [5.74, 6) is -1.40. The number of oxazole rings is 1. The van der Waals surface area contributed by atoms with Crippen LogP contribution < -0.4 is 0 Å². The molecule has 0 saturated heterocycles. The van der Waals surface area contributed by atoms with Crippen LogP contribution in [0.25, 0.3) is 11.3 Å². The molecule has 1 aromatic carbocycles. The summed E-state index contributed by atoms with van der Waals surface area (Å²) in [7, 11) is 0. The fraction of sp³-hybridized carbons (Fsp3) is 0.182. The van der Waals surface area contributed by atoms with Crippen LogP contribution in [0.5, 0.6) is 0 Å². The third-order valence-electron chi connectivity index (χ3n) is 2.24. The van der Waals surface area contributed by atoms with Crippen molar-refractivity contribution in [3.05, 3.63) is 41.7 Å². The van der Waals surface area contributed by atoms with Gasteiger partial charge in [0.25, 0.3) is 0 Å². The molecule has 0 atom stereocenters. The Hall–Kier alpha value is -1.56. The second-order valence-corrected chi connectivity index (χ2v) is 3.68. The van der Waals surface area contributed by atoms with E-state index in [1.54, 1.807) is 0 Å². The van der Waals surface area contributed by atoms with Crippen LogP contribution in [0, 0.1) is 5.82 Å². The van der Waals surface area contributed by atoms with Gasteiger partial charge in [-0.2, -0.15) is 13.2 Å². The standard InChI is InChI=1S/C11H6ClF4NO/c12-4-9-17-5-8(18-9)6-2-1-3-7(10(6)13)11(14,15)16/h1-3,5H,4H2. The maximum absolute atomic E-state index is 13.7. The molecule has 2 rings (SSSR count). The molecular weight excluding hydrogens is 274 g/mol. The second kappa shape index (κ2) is 4.61. The fourth-order valence-electron chi connectivity index (χ4n) is 1.44. The molecule has 7 heteroatoms. The van der Waals surface area contributed by atoms with E-state index in [9.17, 15) is 17.6 Å². The highest BCUT2D eigenvalue weighted by Crippen LogP contribution is 2.35. The van der Waals surface area contributed by atoms with Crippen molar-refractivity contribution in [2.24, 2.45) is 0 Å². The summed E-state index contributed by atoms with van der Waals surface area (Å²) in [5.41, 5.74) is -1.64. The van der Waals surface area contributed by atoms with Crippen LogP contribution in [0.1, 0.15) is 11.5 Å². The van der Waals surface area contributed by atoms with E-state index in [0.717, 1.165) is 12.3 Å². The van der Waals surface area contributed by atoms with Crippen molar-refractivity contribution < 1.29 is 22.0 Å². The van der Waals surface area contributed by atoms with Crippen molar-refractivity contribution in [3.8, 4) is 11.3 Å². The van der Waals surface area contributed by atoms with Crippen LogP contribution in [-0.2, 0) is 12.1 Å². The molecule has 2 aromatic rings. The van der Waals surface area contributed by atoms with E-state index in [1.165, 1.54) is 6.07 Å². The molecule has 0 unspecified atom stereocenters. The first-order valence-corrected chi connectivity index (χ1v) is 5.33. The number of nitrogens with zero attached hydrogens (tertiary/aromatic N) is 1. The summed E-state index contributed by atoms with van der Waals surface area (Å²) in [6.45, 7) is 0. The van der Waals surface area contributed by atoms with Gasteiger partial charge in [-0.3, -0.25) is 0 Å². The third kappa shape index (κ3) is 2.33. The molecule has 0 aliphatic rings. The number of alkyl halides is 4. The van der Waals surface area contributed by atoms with Gasteiger partial charge < -0.3 is 4.42 Å². The highest BCUT2D eigenvalue weighted by atomic mass is 35.5. The summed E-state index contributed by atoms with van der Waals surface area (Å²) in [4.78, 5) is 3.70. The zero-order valence-electron chi connectivity index (χ0n) is 8.76. The van der Waals surface area contributed by atoms with Gasteiger partial charge in [0.05, 0.1) is 23.2 Å². The molecule has 1 aromatic heterocycles. The summed E-state index contributed by atoms with van der Waals surface area (Å²) < 4.78 is 56.3. The minimum Gasteiger partial charge on any atom is -0.439 e. The van der Waals surface area contributed by atoms with Gasteiger partial charge in [0.2, 0.25) is 5.89 Å². The molecule has 0 radical (unpaired) electrons. The zero-order chi connectivity index (χ0) is 13.3.